The molecule has 42 heavy (non-hydrogen) atoms. The van der Waals surface area contributed by atoms with Crippen molar-refractivity contribution in [3.63, 3.8) is 0 Å². The first-order valence-electron chi connectivity index (χ1n) is 14.4. The number of benzene rings is 2. The molecule has 5 rings (SSSR count). The number of aromatic nitrogens is 2. The molecule has 1 saturated heterocycles. The van der Waals surface area contributed by atoms with Crippen molar-refractivity contribution in [1.29, 1.82) is 0 Å². The largest absolute Gasteiger partial charge is 0.495 e. The van der Waals surface area contributed by atoms with Crippen LogP contribution in [0.5, 0.6) is 17.4 Å². The number of methoxy groups -OCH3 is 1. The molecule has 222 valence electrons. The summed E-state index contributed by atoms with van der Waals surface area (Å²) >= 11 is 6.36. The van der Waals surface area contributed by atoms with Gasteiger partial charge in [-0.3, -0.25) is 9.69 Å². The van der Waals surface area contributed by atoms with Crippen LogP contribution in [0.2, 0.25) is 5.02 Å². The summed E-state index contributed by atoms with van der Waals surface area (Å²) < 4.78 is 11.7. The van der Waals surface area contributed by atoms with Crippen molar-refractivity contribution in [2.75, 3.05) is 51.0 Å². The van der Waals surface area contributed by atoms with E-state index in [1.54, 1.807) is 31.4 Å². The van der Waals surface area contributed by atoms with E-state index in [1.165, 1.54) is 75.3 Å². The molecule has 2 aliphatic rings. The zero-order chi connectivity index (χ0) is 29.6. The van der Waals surface area contributed by atoms with E-state index >= 15 is 0 Å². The van der Waals surface area contributed by atoms with Gasteiger partial charge in [0, 0.05) is 44.0 Å². The summed E-state index contributed by atoms with van der Waals surface area (Å²) in [6, 6.07) is 11.9. The molecule has 1 amide bonds. The van der Waals surface area contributed by atoms with Crippen LogP contribution in [0.3, 0.4) is 0 Å². The Morgan fingerprint density at radius 1 is 1.12 bits per heavy atom. The van der Waals surface area contributed by atoms with Gasteiger partial charge in [0.25, 0.3) is 0 Å². The lowest BCUT2D eigenvalue weighted by atomic mass is 9.79. The van der Waals surface area contributed by atoms with Crippen molar-refractivity contribution in [2.24, 2.45) is 0 Å². The molecule has 0 unspecified atom stereocenters. The van der Waals surface area contributed by atoms with Gasteiger partial charge in [0.2, 0.25) is 17.7 Å². The predicted octanol–water partition coefficient (Wildman–Crippen LogP) is 6.38. The molecule has 0 atom stereocenters. The Hall–Kier alpha value is -3.66. The first kappa shape index (κ1) is 29.8. The zero-order valence-electron chi connectivity index (χ0n) is 24.5. The fourth-order valence-electron chi connectivity index (χ4n) is 5.90. The van der Waals surface area contributed by atoms with Crippen molar-refractivity contribution in [3.05, 3.63) is 71.4 Å². The average molecular weight is 591 g/mol. The van der Waals surface area contributed by atoms with E-state index < -0.39 is 0 Å². The number of carbonyl (C=O) groups is 1. The van der Waals surface area contributed by atoms with Gasteiger partial charge in [0.15, 0.2) is 0 Å². The van der Waals surface area contributed by atoms with E-state index in [2.05, 4.69) is 63.1 Å². The Morgan fingerprint density at radius 2 is 1.88 bits per heavy atom. The van der Waals surface area contributed by atoms with Crippen LogP contribution >= 0.6 is 11.6 Å². The van der Waals surface area contributed by atoms with E-state index in [4.69, 9.17) is 21.1 Å². The van der Waals surface area contributed by atoms with Crippen molar-refractivity contribution in [2.45, 2.75) is 44.6 Å². The molecule has 0 spiro atoms. The third kappa shape index (κ3) is 7.21. The molecule has 0 radical (unpaired) electrons. The fourth-order valence-corrected chi connectivity index (χ4v) is 6.02. The fraction of sp³-hybridized carbons (Fsp3) is 0.406. The van der Waals surface area contributed by atoms with E-state index in [-0.39, 0.29) is 16.8 Å². The molecule has 1 aromatic heterocycles. The summed E-state index contributed by atoms with van der Waals surface area (Å²) in [4.78, 5) is 25.6. The number of anilines is 3. The Kier molecular flexibility index (Phi) is 9.62. The minimum absolute atomic E-state index is 0.186. The predicted molar refractivity (Wildman–Crippen MR) is 167 cm³/mol. The molecular formula is C32H39ClN6O3. The van der Waals surface area contributed by atoms with Crippen LogP contribution in [-0.4, -0.2) is 72.1 Å². The lowest BCUT2D eigenvalue weighted by Gasteiger charge is -2.41. The maximum absolute atomic E-state index is 11.7. The summed E-state index contributed by atoms with van der Waals surface area (Å²) in [6.07, 6.45) is 7.54. The Labute approximate surface area is 252 Å². The molecule has 2 fully saturated rings. The number of halogens is 1. The lowest BCUT2D eigenvalue weighted by Crippen LogP contribution is -2.49. The van der Waals surface area contributed by atoms with Crippen LogP contribution in [0, 0.1) is 6.92 Å². The average Bonchev–Trinajstić information content (AvgIpc) is 3.00. The highest BCUT2D eigenvalue weighted by Gasteiger charge is 2.29. The molecule has 2 N–H and O–H groups in total. The van der Waals surface area contributed by atoms with Crippen molar-refractivity contribution in [1.82, 2.24) is 19.8 Å². The molecule has 0 bridgehead atoms. The number of ether oxygens (including phenoxy) is 2. The minimum Gasteiger partial charge on any atom is -0.495 e. The quantitative estimate of drug-likeness (QED) is 0.277. The first-order chi connectivity index (χ1) is 20.3. The van der Waals surface area contributed by atoms with Crippen LogP contribution in [0.15, 0.2) is 55.3 Å². The Bertz CT molecular complexity index is 1420. The summed E-state index contributed by atoms with van der Waals surface area (Å²) in [7, 11) is 3.89. The highest BCUT2D eigenvalue weighted by Crippen LogP contribution is 2.40. The van der Waals surface area contributed by atoms with E-state index in [0.29, 0.717) is 29.3 Å². The van der Waals surface area contributed by atoms with Crippen molar-refractivity contribution >= 4 is 34.8 Å². The van der Waals surface area contributed by atoms with Gasteiger partial charge in [-0.05, 0) is 87.0 Å². The van der Waals surface area contributed by atoms with Crippen molar-refractivity contribution in [3.8, 4) is 17.4 Å². The second-order valence-electron chi connectivity index (χ2n) is 11.0. The maximum Gasteiger partial charge on any atom is 0.247 e. The van der Waals surface area contributed by atoms with Crippen LogP contribution in [0.4, 0.5) is 17.3 Å². The van der Waals surface area contributed by atoms with E-state index in [1.807, 2.05) is 0 Å². The van der Waals surface area contributed by atoms with Gasteiger partial charge < -0.3 is 25.0 Å². The molecular weight excluding hydrogens is 552 g/mol. The third-order valence-corrected chi connectivity index (χ3v) is 8.50. The summed E-state index contributed by atoms with van der Waals surface area (Å²) in [5.41, 5.74) is 3.89. The number of piperazine rings is 1. The molecule has 3 aromatic rings. The molecule has 1 aliphatic heterocycles. The monoisotopic (exact) mass is 590 g/mol. The van der Waals surface area contributed by atoms with Gasteiger partial charge in [-0.15, -0.1) is 0 Å². The number of likely N-dealkylation sites (N-methyl/N-ethyl adjacent to an activating group) is 1. The second kappa shape index (κ2) is 13.5. The van der Waals surface area contributed by atoms with Crippen LogP contribution in [-0.2, 0) is 4.79 Å². The van der Waals surface area contributed by atoms with Crippen molar-refractivity contribution < 1.29 is 14.3 Å². The standard InChI is InChI=1S/C32H39ClN6O3/c1-5-30(40)35-23-7-6-8-25(18-23)42-31-27(33)20-34-32(37-31)36-28-17-21(2)26(19-29(28)41-4)22-9-11-24(12-10-22)39-15-13-38(3)14-16-39/h5-8,17-20,22,24H,1,9-16H2,2-4H3,(H,35,40)(H,34,36,37). The maximum atomic E-state index is 11.7. The normalized spacial score (nSPS) is 19.6. The summed E-state index contributed by atoms with van der Waals surface area (Å²) in [5.74, 6) is 1.92. The number of amides is 1. The Morgan fingerprint density at radius 3 is 2.60 bits per heavy atom. The van der Waals surface area contributed by atoms with Gasteiger partial charge in [0.05, 0.1) is 19.0 Å². The number of hydrogen-bond acceptors (Lipinski definition) is 8. The Balaban J connectivity index is 1.27. The molecule has 2 heterocycles. The van der Waals surface area contributed by atoms with Crippen LogP contribution < -0.4 is 20.1 Å². The van der Waals surface area contributed by atoms with Crippen LogP contribution in [0.25, 0.3) is 0 Å². The molecule has 10 heteroatoms. The smallest absolute Gasteiger partial charge is 0.247 e. The highest BCUT2D eigenvalue weighted by atomic mass is 35.5. The molecule has 9 nitrogen and oxygen atoms in total. The highest BCUT2D eigenvalue weighted by molar-refractivity contribution is 6.31. The van der Waals surface area contributed by atoms with Gasteiger partial charge in [-0.25, -0.2) is 4.98 Å². The number of rotatable bonds is 9. The van der Waals surface area contributed by atoms with E-state index in [9.17, 15) is 4.79 Å². The van der Waals surface area contributed by atoms with Gasteiger partial charge in [-0.1, -0.05) is 24.2 Å². The van der Waals surface area contributed by atoms with Gasteiger partial charge >= 0.3 is 0 Å². The zero-order valence-corrected chi connectivity index (χ0v) is 25.3. The van der Waals surface area contributed by atoms with E-state index in [0.717, 1.165) is 11.4 Å². The van der Waals surface area contributed by atoms with Gasteiger partial charge in [-0.2, -0.15) is 4.98 Å². The number of carbonyl (C=O) groups excluding carboxylic acids is 1. The summed E-state index contributed by atoms with van der Waals surface area (Å²) in [6.45, 7) is 10.3. The molecule has 1 saturated carbocycles. The number of hydrogen-bond donors (Lipinski definition) is 2. The molecule has 1 aliphatic carbocycles. The third-order valence-electron chi connectivity index (χ3n) is 8.24. The number of nitrogens with zero attached hydrogens (tertiary/aromatic N) is 4. The first-order valence-corrected chi connectivity index (χ1v) is 14.8. The SMILES string of the molecule is C=CC(=O)Nc1cccc(Oc2nc(Nc3cc(C)c(C4CCC(N5CCN(C)CC5)CC4)cc3OC)ncc2Cl)c1. The van der Waals surface area contributed by atoms with Crippen LogP contribution in [0.1, 0.15) is 42.7 Å². The topological polar surface area (TPSA) is 91.8 Å². The lowest BCUT2D eigenvalue weighted by molar-refractivity contribution is -0.111. The second-order valence-corrected chi connectivity index (χ2v) is 11.5. The molecule has 2 aromatic carbocycles. The summed E-state index contributed by atoms with van der Waals surface area (Å²) in [5, 5.41) is 6.25. The minimum atomic E-state index is -0.313. The van der Waals surface area contributed by atoms with Gasteiger partial charge in [0.1, 0.15) is 16.5 Å². The number of aryl methyl sites for hydroxylation is 1. The number of nitrogens with one attached hydrogen (secondary N) is 2.